The van der Waals surface area contributed by atoms with Gasteiger partial charge in [-0.25, -0.2) is 9.67 Å². The van der Waals surface area contributed by atoms with Gasteiger partial charge >= 0.3 is 0 Å². The number of aromatic amines is 1. The molecule has 0 spiro atoms. The van der Waals surface area contributed by atoms with Gasteiger partial charge in [0.05, 0.1) is 0 Å². The van der Waals surface area contributed by atoms with Crippen LogP contribution in [0.3, 0.4) is 0 Å². The zero-order chi connectivity index (χ0) is 17.2. The van der Waals surface area contributed by atoms with Gasteiger partial charge in [0.1, 0.15) is 12.0 Å². The topological polar surface area (TPSA) is 98.9 Å². The summed E-state index contributed by atoms with van der Waals surface area (Å²) in [6, 6.07) is 12.7. The zero-order valence-corrected chi connectivity index (χ0v) is 13.3. The lowest BCUT2D eigenvalue weighted by Gasteiger charge is -2.32. The van der Waals surface area contributed by atoms with E-state index in [0.29, 0.717) is 11.6 Å². The van der Waals surface area contributed by atoms with Crippen LogP contribution in [-0.4, -0.2) is 26.1 Å². The quantitative estimate of drug-likeness (QED) is 0.751. The molecular weight excluding hydrogens is 318 g/mol. The summed E-state index contributed by atoms with van der Waals surface area (Å²) in [4.78, 5) is 16.0. The molecule has 1 amide bonds. The third-order valence-electron chi connectivity index (χ3n) is 4.12. The summed E-state index contributed by atoms with van der Waals surface area (Å²) in [6.45, 7) is 4.02. The smallest absolute Gasteiger partial charge is 0.247 e. The van der Waals surface area contributed by atoms with Crippen molar-refractivity contribution in [2.45, 2.75) is 6.04 Å². The second-order valence-electron chi connectivity index (χ2n) is 5.71. The second-order valence-corrected chi connectivity index (χ2v) is 5.71. The van der Waals surface area contributed by atoms with Crippen LogP contribution >= 0.6 is 0 Å². The van der Waals surface area contributed by atoms with Crippen molar-refractivity contribution in [3.05, 3.63) is 72.7 Å². The van der Waals surface area contributed by atoms with Crippen LogP contribution in [0.25, 0.3) is 0 Å². The first-order valence-corrected chi connectivity index (χ1v) is 7.79. The average molecular weight is 334 g/mol. The Labute approximate surface area is 143 Å². The third kappa shape index (κ3) is 2.74. The molecule has 1 aliphatic heterocycles. The fourth-order valence-electron chi connectivity index (χ4n) is 2.98. The fraction of sp³-hybridized carbons (Fsp3) is 0.118. The highest BCUT2D eigenvalue weighted by molar-refractivity contribution is 5.95. The molecule has 3 N–H and O–H groups in total. The van der Waals surface area contributed by atoms with Crippen molar-refractivity contribution in [2.75, 3.05) is 10.6 Å². The van der Waals surface area contributed by atoms with Gasteiger partial charge < -0.3 is 10.6 Å². The number of pyridine rings is 1. The number of hydrogen-bond donors (Lipinski definition) is 2. The highest BCUT2D eigenvalue weighted by Gasteiger charge is 2.40. The lowest BCUT2D eigenvalue weighted by molar-refractivity contribution is -0.379. The maximum atomic E-state index is 13.0. The van der Waals surface area contributed by atoms with E-state index in [0.717, 1.165) is 11.3 Å². The van der Waals surface area contributed by atoms with E-state index in [9.17, 15) is 4.79 Å². The number of carbonyl (C=O) groups is 1. The van der Waals surface area contributed by atoms with Gasteiger partial charge in [-0.05, 0) is 28.6 Å². The van der Waals surface area contributed by atoms with Crippen molar-refractivity contribution in [3.8, 4) is 0 Å². The molecule has 0 radical (unpaired) electrons. The van der Waals surface area contributed by atoms with Gasteiger partial charge in [-0.2, -0.15) is 0 Å². The number of carbonyl (C=O) groups excluding carboxylic acids is 1. The number of nitrogens with zero attached hydrogens (tertiary/aromatic N) is 4. The Kier molecular flexibility index (Phi) is 3.70. The minimum atomic E-state index is -0.577. The number of nitrogens with one attached hydrogen (secondary N) is 3. The number of para-hydroxylation sites is 1. The summed E-state index contributed by atoms with van der Waals surface area (Å²) >= 11 is 0. The van der Waals surface area contributed by atoms with Crippen molar-refractivity contribution < 1.29 is 9.78 Å². The molecule has 8 heteroatoms. The number of rotatable bonds is 3. The molecule has 0 aliphatic carbocycles. The van der Waals surface area contributed by atoms with Gasteiger partial charge in [0.25, 0.3) is 0 Å². The van der Waals surface area contributed by atoms with Crippen molar-refractivity contribution >= 4 is 17.5 Å². The molecule has 2 atom stereocenters. The van der Waals surface area contributed by atoms with E-state index < -0.39 is 12.0 Å². The summed E-state index contributed by atoms with van der Waals surface area (Å²) in [7, 11) is 0. The Morgan fingerprint density at radius 3 is 2.84 bits per heavy atom. The largest absolute Gasteiger partial charge is 0.326 e. The van der Waals surface area contributed by atoms with E-state index in [2.05, 4.69) is 37.7 Å². The van der Waals surface area contributed by atoms with Gasteiger partial charge in [-0.15, -0.1) is 0 Å². The maximum Gasteiger partial charge on any atom is 0.247 e. The van der Waals surface area contributed by atoms with Crippen LogP contribution in [0.5, 0.6) is 0 Å². The Morgan fingerprint density at radius 2 is 2.08 bits per heavy atom. The van der Waals surface area contributed by atoms with E-state index in [1.807, 2.05) is 48.7 Å². The molecular formula is C17H16N7O+. The summed E-state index contributed by atoms with van der Waals surface area (Å²) in [5, 5.41) is 17.7. The first kappa shape index (κ1) is 15.0. The molecule has 25 heavy (non-hydrogen) atoms. The summed E-state index contributed by atoms with van der Waals surface area (Å²) < 4.78 is 1.60. The van der Waals surface area contributed by atoms with Crippen molar-refractivity contribution in [1.82, 2.24) is 20.2 Å². The molecule has 2 aromatic heterocycles. The molecule has 1 aliphatic rings. The number of hydrogen-bond acceptors (Lipinski definition) is 5. The van der Waals surface area contributed by atoms with Gasteiger partial charge in [0.2, 0.25) is 11.9 Å². The Morgan fingerprint density at radius 1 is 1.24 bits per heavy atom. The predicted molar refractivity (Wildman–Crippen MR) is 90.3 cm³/mol. The Hall–Kier alpha value is -3.55. The highest BCUT2D eigenvalue weighted by atomic mass is 16.2. The average Bonchev–Trinajstić information content (AvgIpc) is 3.10. The highest BCUT2D eigenvalue weighted by Crippen LogP contribution is 2.36. The number of tetrazole rings is 1. The van der Waals surface area contributed by atoms with Gasteiger partial charge in [0.15, 0.2) is 12.4 Å². The second kappa shape index (κ2) is 6.16. The van der Waals surface area contributed by atoms with Crippen LogP contribution in [0.4, 0.5) is 11.6 Å². The summed E-state index contributed by atoms with van der Waals surface area (Å²) in [5.41, 5.74) is 2.15. The fourth-order valence-corrected chi connectivity index (χ4v) is 2.98. The van der Waals surface area contributed by atoms with Crippen molar-refractivity contribution in [3.63, 3.8) is 0 Å². The van der Waals surface area contributed by atoms with Crippen LogP contribution in [0, 0.1) is 5.92 Å². The summed E-state index contributed by atoms with van der Waals surface area (Å²) in [6.07, 6.45) is 3.64. The molecule has 2 unspecified atom stereocenters. The third-order valence-corrected chi connectivity index (χ3v) is 4.12. The molecule has 124 valence electrons. The molecule has 0 saturated heterocycles. The number of H-pyrrole nitrogens is 1. The van der Waals surface area contributed by atoms with Crippen LogP contribution in [0.2, 0.25) is 0 Å². The van der Waals surface area contributed by atoms with E-state index in [1.165, 1.54) is 0 Å². The van der Waals surface area contributed by atoms with Gasteiger partial charge in [0, 0.05) is 23.0 Å². The van der Waals surface area contributed by atoms with Crippen LogP contribution in [0.15, 0.2) is 67.1 Å². The maximum absolute atomic E-state index is 13.0. The monoisotopic (exact) mass is 334 g/mol. The van der Waals surface area contributed by atoms with Gasteiger partial charge in [-0.3, -0.25) is 4.79 Å². The lowest BCUT2D eigenvalue weighted by Crippen LogP contribution is -2.39. The molecule has 4 rings (SSSR count). The SMILES string of the molecule is C=C1Nc2nnnn2C(c2ccc[nH+]c2)C1C(=O)Nc1ccccc1. The molecule has 0 saturated carbocycles. The zero-order valence-electron chi connectivity index (χ0n) is 13.3. The van der Waals surface area contributed by atoms with E-state index >= 15 is 0 Å². The molecule has 0 fully saturated rings. The normalized spacial score (nSPS) is 19.0. The molecule has 8 nitrogen and oxygen atoms in total. The van der Waals surface area contributed by atoms with Crippen LogP contribution in [0.1, 0.15) is 11.6 Å². The van der Waals surface area contributed by atoms with Crippen molar-refractivity contribution in [1.29, 1.82) is 0 Å². The minimum Gasteiger partial charge on any atom is -0.326 e. The first-order valence-electron chi connectivity index (χ1n) is 7.79. The molecule has 3 heterocycles. The number of benzene rings is 1. The summed E-state index contributed by atoms with van der Waals surface area (Å²) in [5.74, 6) is -0.298. The predicted octanol–water partition coefficient (Wildman–Crippen LogP) is 1.27. The van der Waals surface area contributed by atoms with Crippen LogP contribution < -0.4 is 15.6 Å². The molecule has 3 aromatic rings. The number of amides is 1. The molecule has 1 aromatic carbocycles. The Balaban J connectivity index is 1.74. The first-order chi connectivity index (χ1) is 12.2. The van der Waals surface area contributed by atoms with Crippen molar-refractivity contribution in [2.24, 2.45) is 5.92 Å². The minimum absolute atomic E-state index is 0.182. The lowest BCUT2D eigenvalue weighted by atomic mass is 9.89. The standard InChI is InChI=1S/C17H15N7O/c1-11-14(16(25)20-13-7-3-2-4-8-13)15(12-6-5-9-18-10-12)24-17(19-11)21-22-23-24/h2-10,14-15H,1H2,(H,20,25)(H,19,21,23)/p+1. The Bertz CT molecular complexity index is 907. The van der Waals surface area contributed by atoms with E-state index in [4.69, 9.17) is 0 Å². The number of aromatic nitrogens is 5. The molecule has 0 bridgehead atoms. The van der Waals surface area contributed by atoms with E-state index in [1.54, 1.807) is 10.9 Å². The van der Waals surface area contributed by atoms with E-state index in [-0.39, 0.29) is 5.91 Å². The number of fused-ring (bicyclic) bond motifs is 1. The number of anilines is 2. The van der Waals surface area contributed by atoms with Crippen LogP contribution in [-0.2, 0) is 4.79 Å². The van der Waals surface area contributed by atoms with Gasteiger partial charge in [-0.1, -0.05) is 29.9 Å².